The summed E-state index contributed by atoms with van der Waals surface area (Å²) in [5.74, 6) is 0.120. The van der Waals surface area contributed by atoms with Crippen molar-refractivity contribution in [1.29, 1.82) is 0 Å². The second kappa shape index (κ2) is 6.32. The van der Waals surface area contributed by atoms with Crippen LogP contribution in [0.5, 0.6) is 0 Å². The number of amides is 1. The van der Waals surface area contributed by atoms with Crippen LogP contribution in [0.15, 0.2) is 54.6 Å². The highest BCUT2D eigenvalue weighted by molar-refractivity contribution is 5.77. The van der Waals surface area contributed by atoms with Gasteiger partial charge in [0.05, 0.1) is 0 Å². The summed E-state index contributed by atoms with van der Waals surface area (Å²) in [5, 5.41) is 0. The Labute approximate surface area is 131 Å². The SMILES string of the molecule is CN(C(=O)CC(N)c1ccccc1)C1Cc2ccccc2C1. The molecule has 0 spiro atoms. The minimum atomic E-state index is -0.236. The maximum Gasteiger partial charge on any atom is 0.224 e. The molecule has 1 amide bonds. The van der Waals surface area contributed by atoms with Crippen LogP contribution < -0.4 is 5.73 Å². The lowest BCUT2D eigenvalue weighted by Gasteiger charge is -2.26. The lowest BCUT2D eigenvalue weighted by atomic mass is 10.0. The normalized spacial score (nSPS) is 15.4. The summed E-state index contributed by atoms with van der Waals surface area (Å²) in [7, 11) is 1.90. The third-order valence-electron chi connectivity index (χ3n) is 4.59. The summed E-state index contributed by atoms with van der Waals surface area (Å²) in [6, 6.07) is 18.3. The van der Waals surface area contributed by atoms with Gasteiger partial charge in [0.15, 0.2) is 0 Å². The van der Waals surface area contributed by atoms with Gasteiger partial charge in [-0.2, -0.15) is 0 Å². The first kappa shape index (κ1) is 14.8. The molecule has 1 aliphatic carbocycles. The first-order valence-electron chi connectivity index (χ1n) is 7.78. The van der Waals surface area contributed by atoms with Crippen LogP contribution in [0.25, 0.3) is 0 Å². The van der Waals surface area contributed by atoms with Crippen LogP contribution in [0.4, 0.5) is 0 Å². The Hall–Kier alpha value is -2.13. The fourth-order valence-corrected chi connectivity index (χ4v) is 3.16. The van der Waals surface area contributed by atoms with E-state index in [0.29, 0.717) is 6.42 Å². The van der Waals surface area contributed by atoms with Crippen LogP contribution in [-0.4, -0.2) is 23.9 Å². The highest BCUT2D eigenvalue weighted by Gasteiger charge is 2.27. The minimum absolute atomic E-state index is 0.120. The average Bonchev–Trinajstić information content (AvgIpc) is 2.98. The number of hydrogen-bond donors (Lipinski definition) is 1. The van der Waals surface area contributed by atoms with Gasteiger partial charge >= 0.3 is 0 Å². The van der Waals surface area contributed by atoms with Gasteiger partial charge in [0.1, 0.15) is 0 Å². The Kier molecular flexibility index (Phi) is 4.25. The standard InChI is InChI=1S/C19H22N2O/c1-21(17-11-15-9-5-6-10-16(15)12-17)19(22)13-18(20)14-7-3-2-4-8-14/h2-10,17-18H,11-13,20H2,1H3. The maximum absolute atomic E-state index is 12.5. The number of nitrogens with zero attached hydrogens (tertiary/aromatic N) is 1. The second-order valence-electron chi connectivity index (χ2n) is 6.06. The predicted octanol–water partition coefficient (Wildman–Crippen LogP) is 2.70. The van der Waals surface area contributed by atoms with E-state index in [4.69, 9.17) is 5.73 Å². The molecule has 0 aliphatic heterocycles. The molecule has 3 heteroatoms. The first-order valence-corrected chi connectivity index (χ1v) is 7.78. The molecule has 0 bridgehead atoms. The first-order chi connectivity index (χ1) is 10.6. The number of rotatable bonds is 4. The zero-order valence-corrected chi connectivity index (χ0v) is 12.9. The van der Waals surface area contributed by atoms with E-state index in [1.54, 1.807) is 0 Å². The molecule has 1 unspecified atom stereocenters. The van der Waals surface area contributed by atoms with Crippen molar-refractivity contribution in [3.05, 3.63) is 71.3 Å². The molecule has 1 aliphatic rings. The maximum atomic E-state index is 12.5. The monoisotopic (exact) mass is 294 g/mol. The molecule has 2 aromatic rings. The molecule has 114 valence electrons. The highest BCUT2D eigenvalue weighted by atomic mass is 16.2. The lowest BCUT2D eigenvalue weighted by molar-refractivity contribution is -0.132. The van der Waals surface area contributed by atoms with Crippen LogP contribution in [-0.2, 0) is 17.6 Å². The molecule has 0 heterocycles. The van der Waals surface area contributed by atoms with Gasteiger partial charge in [-0.1, -0.05) is 54.6 Å². The zero-order valence-electron chi connectivity index (χ0n) is 12.9. The summed E-state index contributed by atoms with van der Waals surface area (Å²) < 4.78 is 0. The zero-order chi connectivity index (χ0) is 15.5. The van der Waals surface area contributed by atoms with Crippen LogP contribution in [0.2, 0.25) is 0 Å². The van der Waals surface area contributed by atoms with Gasteiger partial charge in [-0.05, 0) is 29.5 Å². The number of benzene rings is 2. The molecule has 0 aromatic heterocycles. The summed E-state index contributed by atoms with van der Waals surface area (Å²) >= 11 is 0. The van der Waals surface area contributed by atoms with Gasteiger partial charge in [0, 0.05) is 25.6 Å². The molecule has 1 atom stereocenters. The van der Waals surface area contributed by atoms with E-state index >= 15 is 0 Å². The van der Waals surface area contributed by atoms with E-state index in [2.05, 4.69) is 24.3 Å². The van der Waals surface area contributed by atoms with Crippen molar-refractivity contribution in [2.24, 2.45) is 5.73 Å². The van der Waals surface area contributed by atoms with Crippen molar-refractivity contribution in [2.45, 2.75) is 31.3 Å². The number of likely N-dealkylation sites (N-methyl/N-ethyl adjacent to an activating group) is 1. The van der Waals surface area contributed by atoms with Gasteiger partial charge in [-0.15, -0.1) is 0 Å². The van der Waals surface area contributed by atoms with E-state index < -0.39 is 0 Å². The largest absolute Gasteiger partial charge is 0.342 e. The number of fused-ring (bicyclic) bond motifs is 1. The third-order valence-corrected chi connectivity index (χ3v) is 4.59. The van der Waals surface area contributed by atoms with E-state index in [0.717, 1.165) is 18.4 Å². The van der Waals surface area contributed by atoms with Crippen LogP contribution in [0, 0.1) is 0 Å². The number of carbonyl (C=O) groups excluding carboxylic acids is 1. The van der Waals surface area contributed by atoms with Crippen molar-refractivity contribution < 1.29 is 4.79 Å². The number of hydrogen-bond acceptors (Lipinski definition) is 2. The van der Waals surface area contributed by atoms with Crippen molar-refractivity contribution >= 4 is 5.91 Å². The van der Waals surface area contributed by atoms with Crippen molar-refractivity contribution in [2.75, 3.05) is 7.05 Å². The van der Waals surface area contributed by atoms with Gasteiger partial charge in [-0.3, -0.25) is 4.79 Å². The highest BCUT2D eigenvalue weighted by Crippen LogP contribution is 2.25. The van der Waals surface area contributed by atoms with E-state index in [1.165, 1.54) is 11.1 Å². The summed E-state index contributed by atoms with van der Waals surface area (Å²) in [4.78, 5) is 14.4. The summed E-state index contributed by atoms with van der Waals surface area (Å²) in [6.45, 7) is 0. The molecule has 2 N–H and O–H groups in total. The Morgan fingerprint density at radius 1 is 1.09 bits per heavy atom. The Balaban J connectivity index is 1.61. The quantitative estimate of drug-likeness (QED) is 0.942. The fourth-order valence-electron chi connectivity index (χ4n) is 3.16. The van der Waals surface area contributed by atoms with Gasteiger partial charge in [0.2, 0.25) is 5.91 Å². The molecule has 0 fully saturated rings. The molecular formula is C19H22N2O. The van der Waals surface area contributed by atoms with Crippen LogP contribution in [0.3, 0.4) is 0 Å². The van der Waals surface area contributed by atoms with Crippen molar-refractivity contribution in [3.8, 4) is 0 Å². The van der Waals surface area contributed by atoms with E-state index in [9.17, 15) is 4.79 Å². The molecule has 3 rings (SSSR count). The lowest BCUT2D eigenvalue weighted by Crippen LogP contribution is -2.38. The Morgan fingerprint density at radius 3 is 2.23 bits per heavy atom. The van der Waals surface area contributed by atoms with Crippen LogP contribution >= 0.6 is 0 Å². The number of nitrogens with two attached hydrogens (primary N) is 1. The average molecular weight is 294 g/mol. The predicted molar refractivity (Wildman–Crippen MR) is 88.4 cm³/mol. The molecule has 3 nitrogen and oxygen atoms in total. The van der Waals surface area contributed by atoms with Crippen LogP contribution in [0.1, 0.15) is 29.2 Å². The fraction of sp³-hybridized carbons (Fsp3) is 0.316. The third kappa shape index (κ3) is 3.04. The molecule has 0 saturated heterocycles. The van der Waals surface area contributed by atoms with E-state index in [-0.39, 0.29) is 18.0 Å². The minimum Gasteiger partial charge on any atom is -0.342 e. The Bertz CT molecular complexity index is 628. The molecule has 22 heavy (non-hydrogen) atoms. The van der Waals surface area contributed by atoms with E-state index in [1.807, 2.05) is 42.3 Å². The topological polar surface area (TPSA) is 46.3 Å². The smallest absolute Gasteiger partial charge is 0.224 e. The molecular weight excluding hydrogens is 272 g/mol. The van der Waals surface area contributed by atoms with Gasteiger partial charge in [0.25, 0.3) is 0 Å². The van der Waals surface area contributed by atoms with Crippen molar-refractivity contribution in [1.82, 2.24) is 4.90 Å². The van der Waals surface area contributed by atoms with Gasteiger partial charge < -0.3 is 10.6 Å². The Morgan fingerprint density at radius 2 is 1.64 bits per heavy atom. The summed E-state index contributed by atoms with van der Waals surface area (Å²) in [5.41, 5.74) is 9.90. The second-order valence-corrected chi connectivity index (χ2v) is 6.06. The van der Waals surface area contributed by atoms with Crippen molar-refractivity contribution in [3.63, 3.8) is 0 Å². The summed E-state index contributed by atoms with van der Waals surface area (Å²) in [6.07, 6.45) is 2.24. The molecule has 0 radical (unpaired) electrons. The molecule has 2 aromatic carbocycles. The molecule has 0 saturated carbocycles. The number of carbonyl (C=O) groups is 1. The van der Waals surface area contributed by atoms with Gasteiger partial charge in [-0.25, -0.2) is 0 Å².